The Morgan fingerprint density at radius 3 is 2.58 bits per heavy atom. The van der Waals surface area contributed by atoms with Crippen LogP contribution in [-0.4, -0.2) is 19.1 Å². The normalized spacial score (nSPS) is 12.7. The SMILES string of the molecule is C=CC(Nc1ccc(C)c(C(F)(F)F)c1)C(=O)OC. The highest BCUT2D eigenvalue weighted by Crippen LogP contribution is 2.33. The van der Waals surface area contributed by atoms with Crippen LogP contribution >= 0.6 is 0 Å². The summed E-state index contributed by atoms with van der Waals surface area (Å²) in [5, 5.41) is 2.63. The fraction of sp³-hybridized carbons (Fsp3) is 0.308. The van der Waals surface area contributed by atoms with Gasteiger partial charge in [0, 0.05) is 5.69 Å². The van der Waals surface area contributed by atoms with Crippen LogP contribution < -0.4 is 5.32 Å². The molecule has 0 aromatic heterocycles. The first-order valence-corrected chi connectivity index (χ1v) is 5.44. The Bertz CT molecular complexity index is 483. The fourth-order valence-electron chi connectivity index (χ4n) is 1.54. The first-order chi connectivity index (χ1) is 8.79. The minimum Gasteiger partial charge on any atom is -0.467 e. The third-order valence-corrected chi connectivity index (χ3v) is 2.56. The highest BCUT2D eigenvalue weighted by atomic mass is 19.4. The summed E-state index contributed by atoms with van der Waals surface area (Å²) in [5.74, 6) is -0.621. The summed E-state index contributed by atoms with van der Waals surface area (Å²) in [6, 6.07) is 2.86. The summed E-state index contributed by atoms with van der Waals surface area (Å²) in [4.78, 5) is 11.3. The lowest BCUT2D eigenvalue weighted by Crippen LogP contribution is -2.28. The number of methoxy groups -OCH3 is 1. The van der Waals surface area contributed by atoms with Crippen LogP contribution in [0.25, 0.3) is 0 Å². The molecule has 0 fully saturated rings. The predicted molar refractivity (Wildman–Crippen MR) is 65.8 cm³/mol. The number of carbonyl (C=O) groups is 1. The van der Waals surface area contributed by atoms with E-state index in [4.69, 9.17) is 0 Å². The number of benzene rings is 1. The van der Waals surface area contributed by atoms with E-state index in [1.807, 2.05) is 0 Å². The van der Waals surface area contributed by atoms with Crippen LogP contribution in [0.5, 0.6) is 0 Å². The van der Waals surface area contributed by atoms with Crippen molar-refractivity contribution in [2.75, 3.05) is 12.4 Å². The van der Waals surface area contributed by atoms with Gasteiger partial charge in [-0.15, -0.1) is 6.58 Å². The molecule has 0 aliphatic heterocycles. The lowest BCUT2D eigenvalue weighted by atomic mass is 10.1. The van der Waals surface area contributed by atoms with E-state index in [0.29, 0.717) is 0 Å². The second-order valence-corrected chi connectivity index (χ2v) is 3.91. The van der Waals surface area contributed by atoms with E-state index in [9.17, 15) is 18.0 Å². The topological polar surface area (TPSA) is 38.3 Å². The average molecular weight is 273 g/mol. The third-order valence-electron chi connectivity index (χ3n) is 2.56. The minimum atomic E-state index is -4.43. The largest absolute Gasteiger partial charge is 0.467 e. The molecule has 1 unspecified atom stereocenters. The molecule has 0 radical (unpaired) electrons. The standard InChI is InChI=1S/C13H14F3NO2/c1-4-11(12(18)19-3)17-9-6-5-8(2)10(7-9)13(14,15)16/h4-7,11,17H,1H2,2-3H3. The van der Waals surface area contributed by atoms with Gasteiger partial charge < -0.3 is 10.1 Å². The molecule has 0 saturated heterocycles. The smallest absolute Gasteiger partial charge is 0.416 e. The van der Waals surface area contributed by atoms with Crippen LogP contribution in [0.3, 0.4) is 0 Å². The van der Waals surface area contributed by atoms with Gasteiger partial charge in [0.1, 0.15) is 6.04 Å². The lowest BCUT2D eigenvalue weighted by Gasteiger charge is -2.16. The molecular weight excluding hydrogens is 259 g/mol. The predicted octanol–water partition coefficient (Wildman–Crippen LogP) is 3.15. The summed E-state index contributed by atoms with van der Waals surface area (Å²) in [5.41, 5.74) is -0.454. The van der Waals surface area contributed by atoms with Gasteiger partial charge in [-0.05, 0) is 24.6 Å². The van der Waals surface area contributed by atoms with Gasteiger partial charge in [0.15, 0.2) is 0 Å². The number of esters is 1. The Hall–Kier alpha value is -1.98. The zero-order valence-corrected chi connectivity index (χ0v) is 10.5. The first kappa shape index (κ1) is 15.1. The van der Waals surface area contributed by atoms with Crippen LogP contribution in [-0.2, 0) is 15.7 Å². The first-order valence-electron chi connectivity index (χ1n) is 5.44. The molecule has 0 aliphatic rings. The quantitative estimate of drug-likeness (QED) is 0.676. The van der Waals surface area contributed by atoms with E-state index in [1.165, 1.54) is 32.2 Å². The molecular formula is C13H14F3NO2. The molecule has 0 aliphatic carbocycles. The van der Waals surface area contributed by atoms with Crippen molar-refractivity contribution in [2.45, 2.75) is 19.1 Å². The second kappa shape index (κ2) is 5.77. The molecule has 1 rings (SSSR count). The molecule has 1 N–H and O–H groups in total. The van der Waals surface area contributed by atoms with Crippen molar-refractivity contribution in [3.05, 3.63) is 42.0 Å². The minimum absolute atomic E-state index is 0.117. The number of aryl methyl sites for hydroxylation is 1. The van der Waals surface area contributed by atoms with E-state index in [-0.39, 0.29) is 11.3 Å². The molecule has 0 bridgehead atoms. The van der Waals surface area contributed by atoms with Gasteiger partial charge in [-0.2, -0.15) is 13.2 Å². The molecule has 1 atom stereocenters. The maximum atomic E-state index is 12.7. The van der Waals surface area contributed by atoms with E-state index in [1.54, 1.807) is 0 Å². The zero-order chi connectivity index (χ0) is 14.6. The Balaban J connectivity index is 3.03. The van der Waals surface area contributed by atoms with Crippen LogP contribution in [0.4, 0.5) is 18.9 Å². The van der Waals surface area contributed by atoms with Crippen molar-refractivity contribution in [3.8, 4) is 0 Å². The maximum absolute atomic E-state index is 12.7. The summed E-state index contributed by atoms with van der Waals surface area (Å²) >= 11 is 0. The highest BCUT2D eigenvalue weighted by Gasteiger charge is 2.32. The molecule has 1 aromatic rings. The number of anilines is 1. The van der Waals surface area contributed by atoms with E-state index in [2.05, 4.69) is 16.6 Å². The van der Waals surface area contributed by atoms with Crippen molar-refractivity contribution in [1.29, 1.82) is 0 Å². The molecule has 3 nitrogen and oxygen atoms in total. The lowest BCUT2D eigenvalue weighted by molar-refractivity contribution is -0.140. The molecule has 0 heterocycles. The van der Waals surface area contributed by atoms with Gasteiger partial charge in [0.25, 0.3) is 0 Å². The number of carbonyl (C=O) groups excluding carboxylic acids is 1. The van der Waals surface area contributed by atoms with Gasteiger partial charge in [-0.3, -0.25) is 0 Å². The fourth-order valence-corrected chi connectivity index (χ4v) is 1.54. The van der Waals surface area contributed by atoms with Crippen LogP contribution in [0.1, 0.15) is 11.1 Å². The van der Waals surface area contributed by atoms with Crippen LogP contribution in [0, 0.1) is 6.92 Å². The van der Waals surface area contributed by atoms with Crippen molar-refractivity contribution >= 4 is 11.7 Å². The number of alkyl halides is 3. The van der Waals surface area contributed by atoms with Crippen LogP contribution in [0.15, 0.2) is 30.9 Å². The van der Waals surface area contributed by atoms with Crippen molar-refractivity contribution in [3.63, 3.8) is 0 Å². The van der Waals surface area contributed by atoms with Gasteiger partial charge >= 0.3 is 12.1 Å². The Morgan fingerprint density at radius 2 is 2.11 bits per heavy atom. The number of halogens is 3. The summed E-state index contributed by atoms with van der Waals surface area (Å²) in [6.07, 6.45) is -3.17. The summed E-state index contributed by atoms with van der Waals surface area (Å²) < 4.78 is 42.7. The second-order valence-electron chi connectivity index (χ2n) is 3.91. The summed E-state index contributed by atoms with van der Waals surface area (Å²) in [7, 11) is 1.19. The Morgan fingerprint density at radius 1 is 1.47 bits per heavy atom. The molecule has 6 heteroatoms. The van der Waals surface area contributed by atoms with Crippen molar-refractivity contribution < 1.29 is 22.7 Å². The molecule has 1 aromatic carbocycles. The Kier molecular flexibility index (Phi) is 4.58. The zero-order valence-electron chi connectivity index (χ0n) is 10.5. The number of nitrogens with one attached hydrogen (secondary N) is 1. The van der Waals surface area contributed by atoms with Gasteiger partial charge in [0.2, 0.25) is 0 Å². The molecule has 104 valence electrons. The van der Waals surface area contributed by atoms with E-state index in [0.717, 1.165) is 6.07 Å². The van der Waals surface area contributed by atoms with E-state index < -0.39 is 23.8 Å². The van der Waals surface area contributed by atoms with Crippen molar-refractivity contribution in [2.24, 2.45) is 0 Å². The molecule has 0 saturated carbocycles. The third kappa shape index (κ3) is 3.74. The maximum Gasteiger partial charge on any atom is 0.416 e. The van der Waals surface area contributed by atoms with Crippen molar-refractivity contribution in [1.82, 2.24) is 0 Å². The summed E-state index contributed by atoms with van der Waals surface area (Å²) in [6.45, 7) is 4.80. The number of rotatable bonds is 4. The number of hydrogen-bond donors (Lipinski definition) is 1. The van der Waals surface area contributed by atoms with Gasteiger partial charge in [-0.25, -0.2) is 4.79 Å². The highest BCUT2D eigenvalue weighted by molar-refractivity contribution is 5.81. The van der Waals surface area contributed by atoms with E-state index >= 15 is 0 Å². The number of ether oxygens (including phenoxy) is 1. The molecule has 0 spiro atoms. The molecule has 19 heavy (non-hydrogen) atoms. The van der Waals surface area contributed by atoms with Crippen LogP contribution in [0.2, 0.25) is 0 Å². The van der Waals surface area contributed by atoms with Gasteiger partial charge in [-0.1, -0.05) is 12.1 Å². The number of hydrogen-bond acceptors (Lipinski definition) is 3. The average Bonchev–Trinajstić information content (AvgIpc) is 2.35. The van der Waals surface area contributed by atoms with Gasteiger partial charge in [0.05, 0.1) is 12.7 Å². The molecule has 0 amide bonds. The monoisotopic (exact) mass is 273 g/mol. The Labute approximate surface area is 109 Å².